The lowest BCUT2D eigenvalue weighted by molar-refractivity contribution is -0.137. The van der Waals surface area contributed by atoms with Crippen LogP contribution in [0.15, 0.2) is 36.4 Å². The minimum absolute atomic E-state index is 0.0475. The van der Waals surface area contributed by atoms with Crippen LogP contribution >= 0.6 is 23.2 Å². The molecule has 0 saturated carbocycles. The first kappa shape index (κ1) is 25.7. The van der Waals surface area contributed by atoms with Gasteiger partial charge in [0, 0.05) is 18.8 Å². The Morgan fingerprint density at radius 2 is 1.85 bits per heavy atom. The zero-order valence-corrected chi connectivity index (χ0v) is 19.8. The second kappa shape index (κ2) is 11.5. The summed E-state index contributed by atoms with van der Waals surface area (Å²) in [5.74, 6) is 0.850. The first-order valence-electron chi connectivity index (χ1n) is 10.8. The van der Waals surface area contributed by atoms with Crippen molar-refractivity contribution in [3.05, 3.63) is 52.0 Å². The number of nitrogens with zero attached hydrogens (tertiary/aromatic N) is 1. The van der Waals surface area contributed by atoms with Crippen molar-refractivity contribution >= 4 is 34.6 Å². The predicted molar refractivity (Wildman–Crippen MR) is 126 cm³/mol. The number of anilines is 2. The number of aliphatic hydroxyl groups is 1. The molecule has 0 aromatic heterocycles. The van der Waals surface area contributed by atoms with Crippen LogP contribution in [0.1, 0.15) is 25.3 Å². The summed E-state index contributed by atoms with van der Waals surface area (Å²) >= 11 is 12.2. The van der Waals surface area contributed by atoms with E-state index in [1.165, 1.54) is 12.8 Å². The Labute approximate surface area is 201 Å². The van der Waals surface area contributed by atoms with Gasteiger partial charge in [-0.15, -0.1) is 0 Å². The highest BCUT2D eigenvalue weighted by Crippen LogP contribution is 2.34. The van der Waals surface area contributed by atoms with Crippen molar-refractivity contribution < 1.29 is 23.0 Å². The number of hydrogen-bond donors (Lipinski definition) is 3. The van der Waals surface area contributed by atoms with Crippen LogP contribution < -0.4 is 15.4 Å². The molecular formula is C23H28Cl2F3N3O2. The normalized spacial score (nSPS) is 16.5. The van der Waals surface area contributed by atoms with Gasteiger partial charge in [-0.25, -0.2) is 0 Å². The van der Waals surface area contributed by atoms with Gasteiger partial charge in [-0.2, -0.15) is 13.2 Å². The number of piperidine rings is 1. The van der Waals surface area contributed by atoms with E-state index in [1.54, 1.807) is 12.1 Å². The van der Waals surface area contributed by atoms with Gasteiger partial charge in [0.15, 0.2) is 6.23 Å². The number of nitrogens with one attached hydrogen (secondary N) is 2. The third-order valence-corrected chi connectivity index (χ3v) is 6.19. The van der Waals surface area contributed by atoms with Crippen molar-refractivity contribution in [3.8, 4) is 5.75 Å². The van der Waals surface area contributed by atoms with Gasteiger partial charge in [0.2, 0.25) is 0 Å². The molecule has 0 radical (unpaired) electrons. The Balaban J connectivity index is 1.45. The Morgan fingerprint density at radius 1 is 1.12 bits per heavy atom. The molecule has 1 aliphatic rings. The van der Waals surface area contributed by atoms with Crippen molar-refractivity contribution in [3.63, 3.8) is 0 Å². The van der Waals surface area contributed by atoms with Gasteiger partial charge in [0.1, 0.15) is 12.4 Å². The molecule has 0 bridgehead atoms. The highest BCUT2D eigenvalue weighted by Gasteiger charge is 2.31. The molecule has 10 heteroatoms. The molecule has 182 valence electrons. The van der Waals surface area contributed by atoms with Crippen LogP contribution in [0.5, 0.6) is 5.75 Å². The van der Waals surface area contributed by atoms with E-state index < -0.39 is 18.0 Å². The van der Waals surface area contributed by atoms with E-state index in [1.807, 2.05) is 6.07 Å². The van der Waals surface area contributed by atoms with Crippen molar-refractivity contribution in [1.82, 2.24) is 4.90 Å². The number of ether oxygens (including phenoxy) is 1. The largest absolute Gasteiger partial charge is 0.487 e. The molecule has 1 aliphatic heterocycles. The lowest BCUT2D eigenvalue weighted by atomic mass is 9.99. The number of halogens is 5. The van der Waals surface area contributed by atoms with E-state index in [2.05, 4.69) is 22.5 Å². The van der Waals surface area contributed by atoms with Crippen LogP contribution in [0.3, 0.4) is 0 Å². The number of likely N-dealkylation sites (tertiary alicyclic amines) is 1. The number of hydrogen-bond acceptors (Lipinski definition) is 5. The molecule has 1 atom stereocenters. The Morgan fingerprint density at radius 3 is 2.48 bits per heavy atom. The molecule has 0 aliphatic carbocycles. The van der Waals surface area contributed by atoms with Gasteiger partial charge >= 0.3 is 6.18 Å². The summed E-state index contributed by atoms with van der Waals surface area (Å²) in [6.45, 7) is 6.04. The molecule has 3 N–H and O–H groups in total. The number of rotatable bonds is 9. The molecular weight excluding hydrogens is 478 g/mol. The number of aliphatic hydroxyl groups excluding tert-OH is 1. The topological polar surface area (TPSA) is 56.8 Å². The van der Waals surface area contributed by atoms with Gasteiger partial charge in [0.25, 0.3) is 0 Å². The summed E-state index contributed by atoms with van der Waals surface area (Å²) in [6, 6.07) is 8.06. The lowest BCUT2D eigenvalue weighted by Gasteiger charge is -2.30. The third-order valence-electron chi connectivity index (χ3n) is 5.58. The van der Waals surface area contributed by atoms with Crippen LogP contribution in [0.4, 0.5) is 24.5 Å². The van der Waals surface area contributed by atoms with Crippen molar-refractivity contribution in [1.29, 1.82) is 0 Å². The van der Waals surface area contributed by atoms with E-state index in [4.69, 9.17) is 27.9 Å². The second-order valence-electron chi connectivity index (χ2n) is 8.26. The van der Waals surface area contributed by atoms with Gasteiger partial charge in [-0.3, -0.25) is 0 Å². The van der Waals surface area contributed by atoms with Crippen LogP contribution in [0, 0.1) is 5.92 Å². The maximum Gasteiger partial charge on any atom is 0.416 e. The zero-order chi connectivity index (χ0) is 24.0. The van der Waals surface area contributed by atoms with Crippen LogP contribution in [-0.4, -0.2) is 49.0 Å². The standard InChI is InChI=1S/C23H28Cl2F3N3O2/c1-15-6-9-31(10-7-15)11-8-29-20-4-3-17(13-18(20)24)30-22(32)14-33-21-5-2-16(12-19(21)25)23(26,27)28/h2-5,12-13,15,22,29-30,32H,6-11,14H2,1H3. The van der Waals surface area contributed by atoms with E-state index >= 15 is 0 Å². The molecule has 2 aromatic rings. The first-order chi connectivity index (χ1) is 15.6. The Kier molecular flexibility index (Phi) is 8.98. The fourth-order valence-corrected chi connectivity index (χ4v) is 4.06. The summed E-state index contributed by atoms with van der Waals surface area (Å²) in [5, 5.41) is 16.7. The number of alkyl halides is 3. The van der Waals surface area contributed by atoms with Crippen molar-refractivity contribution in [2.75, 3.05) is 43.4 Å². The minimum atomic E-state index is -4.49. The second-order valence-corrected chi connectivity index (χ2v) is 9.07. The molecule has 0 spiro atoms. The van der Waals surface area contributed by atoms with E-state index in [9.17, 15) is 18.3 Å². The van der Waals surface area contributed by atoms with E-state index in [0.29, 0.717) is 10.7 Å². The minimum Gasteiger partial charge on any atom is -0.487 e. The van der Waals surface area contributed by atoms with Crippen molar-refractivity contribution in [2.45, 2.75) is 32.2 Å². The summed E-state index contributed by atoms with van der Waals surface area (Å²) in [5.41, 5.74) is 0.507. The molecule has 33 heavy (non-hydrogen) atoms. The fourth-order valence-electron chi connectivity index (χ4n) is 3.58. The summed E-state index contributed by atoms with van der Waals surface area (Å²) in [6.07, 6.45) is -3.15. The highest BCUT2D eigenvalue weighted by atomic mass is 35.5. The van der Waals surface area contributed by atoms with Gasteiger partial charge in [0.05, 0.1) is 21.3 Å². The first-order valence-corrected chi connectivity index (χ1v) is 11.6. The summed E-state index contributed by atoms with van der Waals surface area (Å²) in [4.78, 5) is 2.44. The fraction of sp³-hybridized carbons (Fsp3) is 0.478. The highest BCUT2D eigenvalue weighted by molar-refractivity contribution is 6.33. The maximum absolute atomic E-state index is 12.7. The van der Waals surface area contributed by atoms with E-state index in [-0.39, 0.29) is 17.4 Å². The van der Waals surface area contributed by atoms with Crippen molar-refractivity contribution in [2.24, 2.45) is 5.92 Å². The van der Waals surface area contributed by atoms with E-state index in [0.717, 1.165) is 56.0 Å². The number of benzene rings is 2. The third kappa shape index (κ3) is 7.84. The molecule has 1 saturated heterocycles. The lowest BCUT2D eigenvalue weighted by Crippen LogP contribution is -2.36. The maximum atomic E-state index is 12.7. The molecule has 1 unspecified atom stereocenters. The summed E-state index contributed by atoms with van der Waals surface area (Å²) < 4.78 is 43.5. The molecule has 1 fully saturated rings. The predicted octanol–water partition coefficient (Wildman–Crippen LogP) is 5.97. The molecule has 2 aromatic carbocycles. The summed E-state index contributed by atoms with van der Waals surface area (Å²) in [7, 11) is 0. The average molecular weight is 506 g/mol. The smallest absolute Gasteiger partial charge is 0.416 e. The Hall–Kier alpha value is -1.87. The quantitative estimate of drug-likeness (QED) is 0.366. The molecule has 0 amide bonds. The van der Waals surface area contributed by atoms with Gasteiger partial charge < -0.3 is 25.4 Å². The average Bonchev–Trinajstić information content (AvgIpc) is 2.75. The van der Waals surface area contributed by atoms with Crippen LogP contribution in [-0.2, 0) is 6.18 Å². The monoisotopic (exact) mass is 505 g/mol. The van der Waals surface area contributed by atoms with Crippen LogP contribution in [0.2, 0.25) is 10.0 Å². The Bertz CT molecular complexity index is 922. The molecule has 3 rings (SSSR count). The SMILES string of the molecule is CC1CCN(CCNc2ccc(NC(O)COc3ccc(C(F)(F)F)cc3Cl)cc2Cl)CC1. The molecule has 5 nitrogen and oxygen atoms in total. The van der Waals surface area contributed by atoms with Gasteiger partial charge in [-0.1, -0.05) is 30.1 Å². The van der Waals surface area contributed by atoms with Crippen LogP contribution in [0.25, 0.3) is 0 Å². The van der Waals surface area contributed by atoms with Gasteiger partial charge in [-0.05, 0) is 68.2 Å². The molecule has 1 heterocycles. The zero-order valence-electron chi connectivity index (χ0n) is 18.3.